The lowest BCUT2D eigenvalue weighted by atomic mass is 10.2. The molecule has 0 radical (unpaired) electrons. The minimum absolute atomic E-state index is 0.0688. The van der Waals surface area contributed by atoms with Crippen LogP contribution in [0.25, 0.3) is 6.08 Å². The van der Waals surface area contributed by atoms with Crippen LogP contribution in [0.4, 0.5) is 0 Å². The molecule has 0 saturated heterocycles. The molecular weight excluding hydrogens is 298 g/mol. The molecule has 0 atom stereocenters. The Hall–Kier alpha value is -1.33. The van der Waals surface area contributed by atoms with Gasteiger partial charge in [-0.25, -0.2) is 0 Å². The number of aliphatic hydroxyl groups is 1. The molecule has 5 heteroatoms. The van der Waals surface area contributed by atoms with E-state index in [9.17, 15) is 4.79 Å². The van der Waals surface area contributed by atoms with Gasteiger partial charge in [-0.3, -0.25) is 4.79 Å². The van der Waals surface area contributed by atoms with Crippen LogP contribution in [0.1, 0.15) is 12.5 Å². The van der Waals surface area contributed by atoms with Crippen LogP contribution in [-0.2, 0) is 4.79 Å². The lowest BCUT2D eigenvalue weighted by molar-refractivity contribution is -0.116. The quantitative estimate of drug-likeness (QED) is 0.789. The van der Waals surface area contributed by atoms with Crippen molar-refractivity contribution in [2.45, 2.75) is 6.92 Å². The van der Waals surface area contributed by atoms with Gasteiger partial charge in [-0.05, 0) is 31.2 Å². The fourth-order valence-electron chi connectivity index (χ4n) is 1.34. The Kier molecular flexibility index (Phi) is 6.46. The highest BCUT2D eigenvalue weighted by molar-refractivity contribution is 9.10. The van der Waals surface area contributed by atoms with E-state index in [-0.39, 0.29) is 19.1 Å². The van der Waals surface area contributed by atoms with Gasteiger partial charge in [0, 0.05) is 22.7 Å². The Balaban J connectivity index is 2.78. The molecule has 0 aromatic heterocycles. The molecule has 0 spiro atoms. The first kappa shape index (κ1) is 14.7. The number of hydrogen-bond acceptors (Lipinski definition) is 3. The molecule has 0 aliphatic rings. The van der Waals surface area contributed by atoms with E-state index in [0.29, 0.717) is 6.61 Å². The molecular formula is C13H16BrNO3. The lowest BCUT2D eigenvalue weighted by Crippen LogP contribution is -2.24. The summed E-state index contributed by atoms with van der Waals surface area (Å²) in [5.74, 6) is 0.485. The summed E-state index contributed by atoms with van der Waals surface area (Å²) < 4.78 is 6.38. The zero-order chi connectivity index (χ0) is 13.4. The number of ether oxygens (including phenoxy) is 1. The van der Waals surface area contributed by atoms with Gasteiger partial charge >= 0.3 is 0 Å². The summed E-state index contributed by atoms with van der Waals surface area (Å²) in [5.41, 5.74) is 0.824. The predicted octanol–water partition coefficient (Wildman–Crippen LogP) is 1.97. The van der Waals surface area contributed by atoms with E-state index in [1.807, 2.05) is 25.1 Å². The van der Waals surface area contributed by atoms with Crippen molar-refractivity contribution in [1.29, 1.82) is 0 Å². The number of aliphatic hydroxyl groups excluding tert-OH is 1. The third kappa shape index (κ3) is 4.89. The van der Waals surface area contributed by atoms with Crippen molar-refractivity contribution in [3.63, 3.8) is 0 Å². The largest absolute Gasteiger partial charge is 0.493 e. The van der Waals surface area contributed by atoms with E-state index in [2.05, 4.69) is 21.2 Å². The Labute approximate surface area is 115 Å². The Morgan fingerprint density at radius 1 is 1.56 bits per heavy atom. The molecule has 98 valence electrons. The van der Waals surface area contributed by atoms with Crippen molar-refractivity contribution in [3.8, 4) is 5.75 Å². The lowest BCUT2D eigenvalue weighted by Gasteiger charge is -2.07. The maximum atomic E-state index is 11.4. The summed E-state index contributed by atoms with van der Waals surface area (Å²) in [7, 11) is 0. The molecule has 0 saturated carbocycles. The van der Waals surface area contributed by atoms with Crippen LogP contribution in [0, 0.1) is 0 Å². The Morgan fingerprint density at radius 2 is 2.33 bits per heavy atom. The first-order valence-corrected chi connectivity index (χ1v) is 6.45. The van der Waals surface area contributed by atoms with Gasteiger partial charge in [-0.1, -0.05) is 15.9 Å². The molecule has 1 amide bonds. The average molecular weight is 314 g/mol. The standard InChI is InChI=1S/C13H16BrNO3/c1-2-18-12-5-4-11(14)9-10(12)3-6-13(17)15-7-8-16/h3-6,9,16H,2,7-8H2,1H3,(H,15,17)/b6-3+. The zero-order valence-electron chi connectivity index (χ0n) is 10.1. The molecule has 0 fully saturated rings. The number of nitrogens with one attached hydrogen (secondary N) is 1. The molecule has 2 N–H and O–H groups in total. The predicted molar refractivity (Wildman–Crippen MR) is 74.4 cm³/mol. The average Bonchev–Trinajstić information content (AvgIpc) is 2.36. The second-order valence-electron chi connectivity index (χ2n) is 3.46. The second kappa shape index (κ2) is 7.89. The summed E-state index contributed by atoms with van der Waals surface area (Å²) in [6, 6.07) is 5.61. The molecule has 4 nitrogen and oxygen atoms in total. The first-order chi connectivity index (χ1) is 8.67. The number of carbonyl (C=O) groups is 1. The van der Waals surface area contributed by atoms with E-state index >= 15 is 0 Å². The number of hydrogen-bond donors (Lipinski definition) is 2. The fraction of sp³-hybridized carbons (Fsp3) is 0.308. The van der Waals surface area contributed by atoms with E-state index in [1.165, 1.54) is 6.08 Å². The van der Waals surface area contributed by atoms with Crippen LogP contribution < -0.4 is 10.1 Å². The van der Waals surface area contributed by atoms with Gasteiger partial charge in [0.2, 0.25) is 5.91 Å². The minimum atomic E-state index is -0.244. The van der Waals surface area contributed by atoms with Crippen LogP contribution in [0.2, 0.25) is 0 Å². The van der Waals surface area contributed by atoms with Crippen LogP contribution in [0.15, 0.2) is 28.7 Å². The number of carbonyl (C=O) groups excluding carboxylic acids is 1. The number of halogens is 1. The monoisotopic (exact) mass is 313 g/mol. The van der Waals surface area contributed by atoms with Crippen molar-refractivity contribution >= 4 is 27.9 Å². The van der Waals surface area contributed by atoms with Gasteiger partial charge in [0.25, 0.3) is 0 Å². The van der Waals surface area contributed by atoms with Gasteiger partial charge in [0.15, 0.2) is 0 Å². The van der Waals surface area contributed by atoms with Crippen molar-refractivity contribution in [2.75, 3.05) is 19.8 Å². The van der Waals surface area contributed by atoms with Crippen LogP contribution in [-0.4, -0.2) is 30.8 Å². The van der Waals surface area contributed by atoms with Gasteiger partial charge in [0.05, 0.1) is 13.2 Å². The highest BCUT2D eigenvalue weighted by Gasteiger charge is 2.02. The van der Waals surface area contributed by atoms with Gasteiger partial charge in [-0.2, -0.15) is 0 Å². The van der Waals surface area contributed by atoms with Gasteiger partial charge in [0.1, 0.15) is 5.75 Å². The Morgan fingerprint density at radius 3 is 3.00 bits per heavy atom. The number of amides is 1. The van der Waals surface area contributed by atoms with Gasteiger partial charge in [-0.15, -0.1) is 0 Å². The smallest absolute Gasteiger partial charge is 0.244 e. The van der Waals surface area contributed by atoms with Crippen LogP contribution >= 0.6 is 15.9 Å². The van der Waals surface area contributed by atoms with E-state index < -0.39 is 0 Å². The molecule has 0 heterocycles. The topological polar surface area (TPSA) is 58.6 Å². The maximum absolute atomic E-state index is 11.4. The summed E-state index contributed by atoms with van der Waals surface area (Å²) in [5, 5.41) is 11.1. The zero-order valence-corrected chi connectivity index (χ0v) is 11.7. The number of benzene rings is 1. The minimum Gasteiger partial charge on any atom is -0.493 e. The highest BCUT2D eigenvalue weighted by Crippen LogP contribution is 2.24. The molecule has 0 bridgehead atoms. The van der Waals surface area contributed by atoms with Crippen LogP contribution in [0.5, 0.6) is 5.75 Å². The molecule has 18 heavy (non-hydrogen) atoms. The maximum Gasteiger partial charge on any atom is 0.244 e. The summed E-state index contributed by atoms with van der Waals surface area (Å²) in [6.07, 6.45) is 3.10. The third-order valence-corrected chi connectivity index (χ3v) is 2.59. The molecule has 1 aromatic rings. The highest BCUT2D eigenvalue weighted by atomic mass is 79.9. The summed E-state index contributed by atoms with van der Waals surface area (Å²) in [4.78, 5) is 11.4. The van der Waals surface area contributed by atoms with Crippen molar-refractivity contribution < 1.29 is 14.6 Å². The molecule has 0 aliphatic heterocycles. The molecule has 1 rings (SSSR count). The second-order valence-corrected chi connectivity index (χ2v) is 4.38. The number of rotatable bonds is 6. The molecule has 0 unspecified atom stereocenters. The first-order valence-electron chi connectivity index (χ1n) is 5.66. The molecule has 1 aromatic carbocycles. The van der Waals surface area contributed by atoms with Crippen molar-refractivity contribution in [3.05, 3.63) is 34.3 Å². The van der Waals surface area contributed by atoms with Crippen LogP contribution in [0.3, 0.4) is 0 Å². The van der Waals surface area contributed by atoms with Crippen molar-refractivity contribution in [2.24, 2.45) is 0 Å². The molecule has 0 aliphatic carbocycles. The normalized spacial score (nSPS) is 10.6. The SMILES string of the molecule is CCOc1ccc(Br)cc1/C=C/C(=O)NCCO. The Bertz CT molecular complexity index is 432. The van der Waals surface area contributed by atoms with E-state index in [0.717, 1.165) is 15.8 Å². The summed E-state index contributed by atoms with van der Waals surface area (Å²) >= 11 is 3.37. The fourth-order valence-corrected chi connectivity index (χ4v) is 1.72. The van der Waals surface area contributed by atoms with Crippen molar-refractivity contribution in [1.82, 2.24) is 5.32 Å². The van der Waals surface area contributed by atoms with E-state index in [1.54, 1.807) is 6.08 Å². The van der Waals surface area contributed by atoms with E-state index in [4.69, 9.17) is 9.84 Å². The summed E-state index contributed by atoms with van der Waals surface area (Å²) in [6.45, 7) is 2.66. The van der Waals surface area contributed by atoms with Gasteiger partial charge < -0.3 is 15.2 Å². The third-order valence-electron chi connectivity index (χ3n) is 2.10.